The van der Waals surface area contributed by atoms with Gasteiger partial charge < -0.3 is 19.9 Å². The van der Waals surface area contributed by atoms with E-state index in [1.165, 1.54) is 0 Å². The highest BCUT2D eigenvalue weighted by atomic mass is 16.5. The van der Waals surface area contributed by atoms with Crippen molar-refractivity contribution in [1.82, 2.24) is 15.2 Å². The van der Waals surface area contributed by atoms with Gasteiger partial charge in [0.15, 0.2) is 0 Å². The van der Waals surface area contributed by atoms with Crippen LogP contribution in [0.5, 0.6) is 0 Å². The number of amides is 2. The monoisotopic (exact) mass is 304 g/mol. The average molecular weight is 304 g/mol. The molecule has 1 aromatic rings. The molecule has 2 fully saturated rings. The Balaban J connectivity index is 1.51. The lowest BCUT2D eigenvalue weighted by atomic mass is 10.2. The fourth-order valence-electron chi connectivity index (χ4n) is 2.94. The fraction of sp³-hybridized carbons (Fsp3) is 0.625. The molecular weight excluding hydrogens is 280 g/mol. The maximum Gasteiger partial charge on any atom is 0.317 e. The van der Waals surface area contributed by atoms with Gasteiger partial charge in [-0.25, -0.2) is 9.78 Å². The summed E-state index contributed by atoms with van der Waals surface area (Å²) in [7, 11) is 0. The maximum absolute atomic E-state index is 11.9. The van der Waals surface area contributed by atoms with Gasteiger partial charge in [-0.05, 0) is 31.4 Å². The third-order valence-electron chi connectivity index (χ3n) is 4.21. The Morgan fingerprint density at radius 2 is 2.18 bits per heavy atom. The van der Waals surface area contributed by atoms with Gasteiger partial charge in [-0.3, -0.25) is 0 Å². The predicted molar refractivity (Wildman–Crippen MR) is 84.9 cm³/mol. The smallest absolute Gasteiger partial charge is 0.317 e. The van der Waals surface area contributed by atoms with Crippen molar-refractivity contribution in [3.63, 3.8) is 0 Å². The van der Waals surface area contributed by atoms with Gasteiger partial charge in [0.1, 0.15) is 5.82 Å². The summed E-state index contributed by atoms with van der Waals surface area (Å²) >= 11 is 0. The Kier molecular flexibility index (Phi) is 4.77. The van der Waals surface area contributed by atoms with Crippen molar-refractivity contribution in [2.24, 2.45) is 0 Å². The number of likely N-dealkylation sites (tertiary alicyclic amines) is 1. The number of hydrogen-bond acceptors (Lipinski definition) is 4. The van der Waals surface area contributed by atoms with Crippen LogP contribution in [-0.2, 0) is 11.3 Å². The highest BCUT2D eigenvalue weighted by Crippen LogP contribution is 2.15. The predicted octanol–water partition coefficient (Wildman–Crippen LogP) is 1.61. The molecule has 2 aliphatic heterocycles. The van der Waals surface area contributed by atoms with E-state index in [1.54, 1.807) is 0 Å². The Labute approximate surface area is 131 Å². The molecule has 6 heteroatoms. The van der Waals surface area contributed by atoms with E-state index in [4.69, 9.17) is 4.74 Å². The van der Waals surface area contributed by atoms with Gasteiger partial charge in [-0.15, -0.1) is 0 Å². The van der Waals surface area contributed by atoms with E-state index in [0.29, 0.717) is 6.54 Å². The van der Waals surface area contributed by atoms with Crippen LogP contribution in [0.15, 0.2) is 18.3 Å². The van der Waals surface area contributed by atoms with Gasteiger partial charge in [0.2, 0.25) is 0 Å². The molecular formula is C16H24N4O2. The van der Waals surface area contributed by atoms with Crippen LogP contribution < -0.4 is 10.2 Å². The molecule has 1 atom stereocenters. The molecule has 0 aliphatic carbocycles. The molecule has 3 heterocycles. The van der Waals surface area contributed by atoms with Crippen molar-refractivity contribution < 1.29 is 9.53 Å². The highest BCUT2D eigenvalue weighted by molar-refractivity contribution is 5.74. The summed E-state index contributed by atoms with van der Waals surface area (Å²) in [5.74, 6) is 0.977. The molecule has 120 valence electrons. The molecule has 1 aromatic heterocycles. The number of anilines is 1. The van der Waals surface area contributed by atoms with Crippen LogP contribution in [0.2, 0.25) is 0 Å². The van der Waals surface area contributed by atoms with Gasteiger partial charge in [0, 0.05) is 38.9 Å². The molecule has 1 unspecified atom stereocenters. The maximum atomic E-state index is 11.9. The number of carbonyl (C=O) groups excluding carboxylic acids is 1. The summed E-state index contributed by atoms with van der Waals surface area (Å²) in [6, 6.07) is 4.09. The number of morpholine rings is 1. The SMILES string of the molecule is CC1CN(c2ccc(CNC(=O)N3CCCC3)cn2)CCO1. The number of nitrogens with zero attached hydrogens (tertiary/aromatic N) is 3. The van der Waals surface area contributed by atoms with Crippen LogP contribution in [0.4, 0.5) is 10.6 Å². The van der Waals surface area contributed by atoms with E-state index in [2.05, 4.69) is 22.1 Å². The van der Waals surface area contributed by atoms with E-state index in [9.17, 15) is 4.79 Å². The summed E-state index contributed by atoms with van der Waals surface area (Å²) in [5.41, 5.74) is 1.03. The van der Waals surface area contributed by atoms with Crippen molar-refractivity contribution in [2.45, 2.75) is 32.4 Å². The molecule has 0 spiro atoms. The van der Waals surface area contributed by atoms with Crippen LogP contribution in [0.3, 0.4) is 0 Å². The van der Waals surface area contributed by atoms with Crippen LogP contribution in [0, 0.1) is 0 Å². The third-order valence-corrected chi connectivity index (χ3v) is 4.21. The molecule has 2 aliphatic rings. The summed E-state index contributed by atoms with van der Waals surface area (Å²) < 4.78 is 5.55. The van der Waals surface area contributed by atoms with Crippen molar-refractivity contribution in [3.8, 4) is 0 Å². The zero-order valence-corrected chi connectivity index (χ0v) is 13.1. The first-order chi connectivity index (χ1) is 10.7. The standard InChI is InChI=1S/C16H24N4O2/c1-13-12-20(8-9-22-13)15-5-4-14(10-17-15)11-18-16(21)19-6-2-3-7-19/h4-5,10,13H,2-3,6-9,11-12H2,1H3,(H,18,21). The Morgan fingerprint density at radius 3 is 2.86 bits per heavy atom. The van der Waals surface area contributed by atoms with Gasteiger partial charge in [-0.1, -0.05) is 6.07 Å². The van der Waals surface area contributed by atoms with Crippen molar-refractivity contribution >= 4 is 11.8 Å². The lowest BCUT2D eigenvalue weighted by molar-refractivity contribution is 0.0529. The van der Waals surface area contributed by atoms with Crippen LogP contribution in [0.1, 0.15) is 25.3 Å². The number of aromatic nitrogens is 1. The average Bonchev–Trinajstić information content (AvgIpc) is 3.08. The largest absolute Gasteiger partial charge is 0.375 e. The first-order valence-corrected chi connectivity index (χ1v) is 8.06. The zero-order valence-electron chi connectivity index (χ0n) is 13.1. The normalized spacial score (nSPS) is 22.0. The van der Waals surface area contributed by atoms with E-state index in [-0.39, 0.29) is 12.1 Å². The van der Waals surface area contributed by atoms with Gasteiger partial charge in [-0.2, -0.15) is 0 Å². The first-order valence-electron chi connectivity index (χ1n) is 8.06. The Bertz CT molecular complexity index is 499. The number of nitrogens with one attached hydrogen (secondary N) is 1. The molecule has 2 amide bonds. The second kappa shape index (κ2) is 6.96. The molecule has 0 radical (unpaired) electrons. The summed E-state index contributed by atoms with van der Waals surface area (Å²) in [4.78, 5) is 20.6. The lowest BCUT2D eigenvalue weighted by Gasteiger charge is -2.32. The molecule has 1 N–H and O–H groups in total. The van der Waals surface area contributed by atoms with Crippen LogP contribution >= 0.6 is 0 Å². The third kappa shape index (κ3) is 3.68. The topological polar surface area (TPSA) is 57.7 Å². The van der Waals surface area contributed by atoms with Gasteiger partial charge >= 0.3 is 6.03 Å². The summed E-state index contributed by atoms with van der Waals surface area (Å²) in [6.07, 6.45) is 4.32. The van der Waals surface area contributed by atoms with Gasteiger partial charge in [0.05, 0.1) is 12.7 Å². The van der Waals surface area contributed by atoms with E-state index < -0.39 is 0 Å². The Hall–Kier alpha value is -1.82. The van der Waals surface area contributed by atoms with Gasteiger partial charge in [0.25, 0.3) is 0 Å². The second-order valence-electron chi connectivity index (χ2n) is 6.00. The fourth-order valence-corrected chi connectivity index (χ4v) is 2.94. The first kappa shape index (κ1) is 15.1. The highest BCUT2D eigenvalue weighted by Gasteiger charge is 2.18. The van der Waals surface area contributed by atoms with Crippen LogP contribution in [0.25, 0.3) is 0 Å². The molecule has 0 bridgehead atoms. The van der Waals surface area contributed by atoms with E-state index in [0.717, 1.165) is 57.0 Å². The molecule has 2 saturated heterocycles. The molecule has 22 heavy (non-hydrogen) atoms. The zero-order chi connectivity index (χ0) is 15.4. The molecule has 0 aromatic carbocycles. The minimum atomic E-state index is 0.0311. The molecule has 3 rings (SSSR count). The van der Waals surface area contributed by atoms with Crippen LogP contribution in [-0.4, -0.2) is 54.8 Å². The lowest BCUT2D eigenvalue weighted by Crippen LogP contribution is -2.41. The second-order valence-corrected chi connectivity index (χ2v) is 6.00. The quantitative estimate of drug-likeness (QED) is 0.922. The summed E-state index contributed by atoms with van der Waals surface area (Å²) in [5, 5.41) is 2.96. The molecule has 0 saturated carbocycles. The minimum absolute atomic E-state index is 0.0311. The Morgan fingerprint density at radius 1 is 1.36 bits per heavy atom. The summed E-state index contributed by atoms with van der Waals surface area (Å²) in [6.45, 7) is 6.85. The number of rotatable bonds is 3. The van der Waals surface area contributed by atoms with Crippen molar-refractivity contribution in [2.75, 3.05) is 37.7 Å². The van der Waals surface area contributed by atoms with E-state index >= 15 is 0 Å². The number of carbonyl (C=O) groups is 1. The number of hydrogen-bond donors (Lipinski definition) is 1. The van der Waals surface area contributed by atoms with Crippen molar-refractivity contribution in [3.05, 3.63) is 23.9 Å². The van der Waals surface area contributed by atoms with Crippen molar-refractivity contribution in [1.29, 1.82) is 0 Å². The van der Waals surface area contributed by atoms with E-state index in [1.807, 2.05) is 23.2 Å². The minimum Gasteiger partial charge on any atom is -0.375 e. The number of ether oxygens (including phenoxy) is 1. The number of urea groups is 1. The number of pyridine rings is 1. The molecule has 6 nitrogen and oxygen atoms in total.